The summed E-state index contributed by atoms with van der Waals surface area (Å²) in [5, 5.41) is 20.5. The Morgan fingerprint density at radius 1 is 1.21 bits per heavy atom. The molecule has 2 rings (SSSR count). The highest BCUT2D eigenvalue weighted by atomic mass is 35.5. The van der Waals surface area contributed by atoms with Gasteiger partial charge in [0, 0.05) is 30.4 Å². The first-order valence-electron chi connectivity index (χ1n) is 8.89. The highest BCUT2D eigenvalue weighted by Gasteiger charge is 2.19. The third-order valence-corrected chi connectivity index (χ3v) is 4.08. The van der Waals surface area contributed by atoms with Crippen molar-refractivity contribution in [2.45, 2.75) is 32.9 Å². The number of pyridine rings is 1. The van der Waals surface area contributed by atoms with Gasteiger partial charge < -0.3 is 16.0 Å². The molecule has 0 saturated carbocycles. The Bertz CT molecular complexity index is 793. The molecule has 8 nitrogen and oxygen atoms in total. The van der Waals surface area contributed by atoms with Crippen LogP contribution >= 0.6 is 24.8 Å². The topological polar surface area (TPSA) is 109 Å². The number of carbonyl (C=O) groups is 1. The minimum absolute atomic E-state index is 0. The van der Waals surface area contributed by atoms with Crippen molar-refractivity contribution < 1.29 is 9.72 Å². The minimum atomic E-state index is -0.495. The number of halogens is 2. The molecular formula is C19H27Cl2N5O3. The number of likely N-dealkylation sites (N-methyl/N-ethyl adjacent to an activating group) is 1. The lowest BCUT2D eigenvalue weighted by atomic mass is 10.1. The second kappa shape index (κ2) is 12.9. The SMILES string of the molecule is CCN[C@H](C)CNC(=O)c1ccc(NC(C)c2ccccn2)c([N+](=O)[O-])c1.Cl.Cl. The van der Waals surface area contributed by atoms with Crippen molar-refractivity contribution in [1.82, 2.24) is 15.6 Å². The van der Waals surface area contributed by atoms with Crippen LogP contribution in [0.5, 0.6) is 0 Å². The van der Waals surface area contributed by atoms with Gasteiger partial charge in [0.1, 0.15) is 5.69 Å². The maximum atomic E-state index is 12.3. The van der Waals surface area contributed by atoms with E-state index >= 15 is 0 Å². The summed E-state index contributed by atoms with van der Waals surface area (Å²) < 4.78 is 0. The smallest absolute Gasteiger partial charge is 0.293 e. The predicted octanol–water partition coefficient (Wildman–Crippen LogP) is 3.73. The van der Waals surface area contributed by atoms with Crippen LogP contribution < -0.4 is 16.0 Å². The van der Waals surface area contributed by atoms with Crippen LogP contribution in [0.1, 0.15) is 42.9 Å². The van der Waals surface area contributed by atoms with Gasteiger partial charge in [0.15, 0.2) is 0 Å². The monoisotopic (exact) mass is 443 g/mol. The van der Waals surface area contributed by atoms with Gasteiger partial charge in [-0.3, -0.25) is 19.9 Å². The van der Waals surface area contributed by atoms with E-state index in [0.29, 0.717) is 12.2 Å². The summed E-state index contributed by atoms with van der Waals surface area (Å²) >= 11 is 0. The van der Waals surface area contributed by atoms with E-state index < -0.39 is 4.92 Å². The number of hydrogen-bond acceptors (Lipinski definition) is 6. The number of anilines is 1. The number of nitro groups is 1. The molecule has 0 spiro atoms. The van der Waals surface area contributed by atoms with Crippen LogP contribution in [-0.2, 0) is 0 Å². The molecule has 0 aliphatic carbocycles. The van der Waals surface area contributed by atoms with Gasteiger partial charge in [-0.1, -0.05) is 13.0 Å². The van der Waals surface area contributed by atoms with Crippen molar-refractivity contribution in [2.75, 3.05) is 18.4 Å². The maximum Gasteiger partial charge on any atom is 0.293 e. The van der Waals surface area contributed by atoms with Crippen LogP contribution in [0.4, 0.5) is 11.4 Å². The van der Waals surface area contributed by atoms with E-state index in [4.69, 9.17) is 0 Å². The molecule has 2 aromatic rings. The number of nitrogens with zero attached hydrogens (tertiary/aromatic N) is 2. The molecule has 10 heteroatoms. The molecule has 0 saturated heterocycles. The fraction of sp³-hybridized carbons (Fsp3) is 0.368. The Morgan fingerprint density at radius 2 is 1.93 bits per heavy atom. The highest BCUT2D eigenvalue weighted by molar-refractivity contribution is 5.95. The van der Waals surface area contributed by atoms with Crippen LogP contribution in [0.2, 0.25) is 0 Å². The molecule has 3 N–H and O–H groups in total. The molecule has 1 aromatic carbocycles. The number of rotatable bonds is 9. The zero-order valence-corrected chi connectivity index (χ0v) is 18.2. The van der Waals surface area contributed by atoms with Crippen molar-refractivity contribution in [3.8, 4) is 0 Å². The second-order valence-electron chi connectivity index (χ2n) is 6.28. The molecular weight excluding hydrogens is 417 g/mol. The van der Waals surface area contributed by atoms with Gasteiger partial charge in [0.05, 0.1) is 16.7 Å². The van der Waals surface area contributed by atoms with Gasteiger partial charge >= 0.3 is 0 Å². The lowest BCUT2D eigenvalue weighted by molar-refractivity contribution is -0.384. The van der Waals surface area contributed by atoms with Crippen LogP contribution in [-0.4, -0.2) is 34.9 Å². The molecule has 0 aliphatic rings. The van der Waals surface area contributed by atoms with E-state index in [9.17, 15) is 14.9 Å². The first-order valence-corrected chi connectivity index (χ1v) is 8.89. The summed E-state index contributed by atoms with van der Waals surface area (Å²) in [6.07, 6.45) is 1.67. The predicted molar refractivity (Wildman–Crippen MR) is 119 cm³/mol. The van der Waals surface area contributed by atoms with Crippen LogP contribution in [0.15, 0.2) is 42.6 Å². The van der Waals surface area contributed by atoms with E-state index in [1.54, 1.807) is 18.3 Å². The second-order valence-corrected chi connectivity index (χ2v) is 6.28. The number of amides is 1. The number of benzene rings is 1. The van der Waals surface area contributed by atoms with Gasteiger partial charge in [-0.05, 0) is 44.7 Å². The number of nitrogens with one attached hydrogen (secondary N) is 3. The lowest BCUT2D eigenvalue weighted by Crippen LogP contribution is -2.38. The number of hydrogen-bond donors (Lipinski definition) is 3. The van der Waals surface area contributed by atoms with Gasteiger partial charge in [0.2, 0.25) is 0 Å². The minimum Gasteiger partial charge on any atom is -0.371 e. The third-order valence-electron chi connectivity index (χ3n) is 4.08. The lowest BCUT2D eigenvalue weighted by Gasteiger charge is -2.16. The Morgan fingerprint density at radius 3 is 2.52 bits per heavy atom. The molecule has 2 atom stereocenters. The first kappa shape index (κ1) is 26.6. The van der Waals surface area contributed by atoms with E-state index in [0.717, 1.165) is 12.2 Å². The summed E-state index contributed by atoms with van der Waals surface area (Å²) in [4.78, 5) is 27.5. The summed E-state index contributed by atoms with van der Waals surface area (Å²) in [7, 11) is 0. The average Bonchev–Trinajstić information content (AvgIpc) is 2.67. The van der Waals surface area contributed by atoms with E-state index in [-0.39, 0.29) is 54.1 Å². The maximum absolute atomic E-state index is 12.3. The third kappa shape index (κ3) is 7.84. The Labute approximate surface area is 182 Å². The van der Waals surface area contributed by atoms with Gasteiger partial charge in [-0.15, -0.1) is 24.8 Å². The molecule has 1 unspecified atom stereocenters. The zero-order chi connectivity index (χ0) is 19.8. The quantitative estimate of drug-likeness (QED) is 0.402. The van der Waals surface area contributed by atoms with Crippen molar-refractivity contribution in [3.05, 3.63) is 64.0 Å². The molecule has 1 aromatic heterocycles. The first-order chi connectivity index (χ1) is 12.9. The van der Waals surface area contributed by atoms with E-state index in [1.165, 1.54) is 6.07 Å². The molecule has 1 amide bonds. The Kier molecular flexibility index (Phi) is 11.8. The Hall–Kier alpha value is -2.42. The number of aromatic nitrogens is 1. The van der Waals surface area contributed by atoms with Crippen LogP contribution in [0.3, 0.4) is 0 Å². The highest BCUT2D eigenvalue weighted by Crippen LogP contribution is 2.28. The van der Waals surface area contributed by atoms with E-state index in [2.05, 4.69) is 20.9 Å². The zero-order valence-electron chi connectivity index (χ0n) is 16.5. The van der Waals surface area contributed by atoms with Crippen molar-refractivity contribution in [3.63, 3.8) is 0 Å². The Balaban J connectivity index is 0.00000392. The van der Waals surface area contributed by atoms with E-state index in [1.807, 2.05) is 39.0 Å². The summed E-state index contributed by atoms with van der Waals surface area (Å²) in [5.74, 6) is -0.341. The summed E-state index contributed by atoms with van der Waals surface area (Å²) in [5.41, 5.74) is 1.22. The molecule has 0 aliphatic heterocycles. The molecule has 29 heavy (non-hydrogen) atoms. The van der Waals surface area contributed by atoms with Crippen molar-refractivity contribution in [1.29, 1.82) is 0 Å². The largest absolute Gasteiger partial charge is 0.371 e. The average molecular weight is 444 g/mol. The standard InChI is InChI=1S/C19H25N5O3.2ClH/c1-4-20-13(2)12-22-19(25)15-8-9-17(18(11-15)24(26)27)23-14(3)16-7-5-6-10-21-16;;/h5-11,13-14,20,23H,4,12H2,1-3H3,(H,22,25);2*1H/t13-,14?;;/m1../s1. The van der Waals surface area contributed by atoms with Gasteiger partial charge in [-0.2, -0.15) is 0 Å². The van der Waals surface area contributed by atoms with Gasteiger partial charge in [0.25, 0.3) is 11.6 Å². The number of nitro benzene ring substituents is 1. The molecule has 1 heterocycles. The normalized spacial score (nSPS) is 12.0. The van der Waals surface area contributed by atoms with Gasteiger partial charge in [-0.25, -0.2) is 0 Å². The molecule has 0 bridgehead atoms. The van der Waals surface area contributed by atoms with Crippen LogP contribution in [0.25, 0.3) is 0 Å². The van der Waals surface area contributed by atoms with Crippen LogP contribution in [0, 0.1) is 10.1 Å². The fourth-order valence-electron chi connectivity index (χ4n) is 2.65. The fourth-order valence-corrected chi connectivity index (χ4v) is 2.65. The summed E-state index contributed by atoms with van der Waals surface area (Å²) in [6.45, 7) is 7.06. The molecule has 0 fully saturated rings. The summed E-state index contributed by atoms with van der Waals surface area (Å²) in [6, 6.07) is 9.84. The van der Waals surface area contributed by atoms with Crippen molar-refractivity contribution in [2.24, 2.45) is 0 Å². The molecule has 160 valence electrons. The number of carbonyl (C=O) groups excluding carboxylic acids is 1. The molecule has 0 radical (unpaired) electrons. The van der Waals surface area contributed by atoms with Crippen molar-refractivity contribution >= 4 is 42.1 Å².